The Hall–Kier alpha value is -2.53. The van der Waals surface area contributed by atoms with Gasteiger partial charge in [-0.3, -0.25) is 0 Å². The third-order valence-corrected chi connectivity index (χ3v) is 4.83. The SMILES string of the molecule is CC(C)COC(=O)c1cccc2nc3sc4ccccc4c3nc12. The summed E-state index contributed by atoms with van der Waals surface area (Å²) in [5.41, 5.74) is 2.63. The second-order valence-electron chi connectivity index (χ2n) is 6.14. The number of nitrogens with zero attached hydrogens (tertiary/aromatic N) is 2. The summed E-state index contributed by atoms with van der Waals surface area (Å²) in [6.45, 7) is 4.42. The highest BCUT2D eigenvalue weighted by Gasteiger charge is 2.16. The van der Waals surface area contributed by atoms with Crippen LogP contribution in [0, 0.1) is 5.92 Å². The molecule has 0 saturated carbocycles. The average molecular weight is 336 g/mol. The monoisotopic (exact) mass is 336 g/mol. The van der Waals surface area contributed by atoms with E-state index in [1.165, 1.54) is 0 Å². The smallest absolute Gasteiger partial charge is 0.340 e. The lowest BCUT2D eigenvalue weighted by Crippen LogP contribution is -2.11. The first-order valence-corrected chi connectivity index (χ1v) is 8.70. The van der Waals surface area contributed by atoms with Gasteiger partial charge in [0.25, 0.3) is 0 Å². The lowest BCUT2D eigenvalue weighted by Gasteiger charge is -2.08. The Kier molecular flexibility index (Phi) is 3.65. The Morgan fingerprint density at radius 1 is 1.08 bits per heavy atom. The molecule has 0 radical (unpaired) electrons. The zero-order chi connectivity index (χ0) is 16.7. The maximum absolute atomic E-state index is 12.4. The van der Waals surface area contributed by atoms with Crippen LogP contribution in [0.2, 0.25) is 0 Å². The molecule has 0 saturated heterocycles. The molecule has 0 unspecified atom stereocenters. The summed E-state index contributed by atoms with van der Waals surface area (Å²) in [6, 6.07) is 13.5. The van der Waals surface area contributed by atoms with E-state index in [2.05, 4.69) is 6.07 Å². The van der Waals surface area contributed by atoms with Gasteiger partial charge >= 0.3 is 5.97 Å². The van der Waals surface area contributed by atoms with E-state index in [1.807, 2.05) is 44.2 Å². The van der Waals surface area contributed by atoms with Crippen molar-refractivity contribution in [2.45, 2.75) is 13.8 Å². The first-order valence-electron chi connectivity index (χ1n) is 7.88. The van der Waals surface area contributed by atoms with E-state index in [4.69, 9.17) is 14.7 Å². The molecule has 4 aromatic rings. The highest BCUT2D eigenvalue weighted by atomic mass is 32.1. The first-order chi connectivity index (χ1) is 11.6. The molecule has 0 amide bonds. The molecule has 0 bridgehead atoms. The zero-order valence-corrected chi connectivity index (χ0v) is 14.3. The molecule has 0 aliphatic carbocycles. The van der Waals surface area contributed by atoms with Gasteiger partial charge in [-0.1, -0.05) is 38.1 Å². The van der Waals surface area contributed by atoms with Gasteiger partial charge in [0.05, 0.1) is 17.7 Å². The fourth-order valence-corrected chi connectivity index (χ4v) is 3.67. The molecule has 4 rings (SSSR count). The number of thiophene rings is 1. The molecule has 2 aromatic carbocycles. The molecule has 120 valence electrons. The number of fused-ring (bicyclic) bond motifs is 4. The Labute approximate surface area is 143 Å². The molecule has 0 N–H and O–H groups in total. The second kappa shape index (κ2) is 5.83. The van der Waals surface area contributed by atoms with Crippen LogP contribution < -0.4 is 0 Å². The van der Waals surface area contributed by atoms with Crippen LogP contribution in [-0.2, 0) is 4.74 Å². The van der Waals surface area contributed by atoms with E-state index < -0.39 is 0 Å². The molecule has 0 aliphatic heterocycles. The van der Waals surface area contributed by atoms with Crippen molar-refractivity contribution in [3.8, 4) is 0 Å². The molecule has 2 heterocycles. The number of aromatic nitrogens is 2. The predicted octanol–water partition coefficient (Wildman–Crippen LogP) is 4.81. The molecular weight excluding hydrogens is 320 g/mol. The van der Waals surface area contributed by atoms with Crippen LogP contribution in [0.3, 0.4) is 0 Å². The Balaban J connectivity index is 1.92. The van der Waals surface area contributed by atoms with E-state index in [-0.39, 0.29) is 5.97 Å². The molecule has 0 atom stereocenters. The molecular formula is C19H16N2O2S. The van der Waals surface area contributed by atoms with Crippen molar-refractivity contribution in [1.82, 2.24) is 9.97 Å². The normalized spacial score (nSPS) is 11.6. The largest absolute Gasteiger partial charge is 0.462 e. The molecule has 2 aromatic heterocycles. The van der Waals surface area contributed by atoms with Crippen LogP contribution in [0.4, 0.5) is 0 Å². The van der Waals surface area contributed by atoms with E-state index in [9.17, 15) is 4.79 Å². The van der Waals surface area contributed by atoms with Crippen LogP contribution in [0.1, 0.15) is 24.2 Å². The van der Waals surface area contributed by atoms with Crippen molar-refractivity contribution in [2.24, 2.45) is 5.92 Å². The highest BCUT2D eigenvalue weighted by molar-refractivity contribution is 7.25. The number of carbonyl (C=O) groups is 1. The van der Waals surface area contributed by atoms with Crippen molar-refractivity contribution in [3.63, 3.8) is 0 Å². The minimum absolute atomic E-state index is 0.294. The fourth-order valence-electron chi connectivity index (χ4n) is 2.65. The topological polar surface area (TPSA) is 52.1 Å². The Bertz CT molecular complexity index is 1070. The molecule has 24 heavy (non-hydrogen) atoms. The van der Waals surface area contributed by atoms with Crippen LogP contribution in [0.25, 0.3) is 31.5 Å². The lowest BCUT2D eigenvalue weighted by atomic mass is 10.1. The van der Waals surface area contributed by atoms with E-state index in [0.29, 0.717) is 29.1 Å². The first kappa shape index (κ1) is 15.0. The van der Waals surface area contributed by atoms with Crippen molar-refractivity contribution >= 4 is 48.8 Å². The zero-order valence-electron chi connectivity index (χ0n) is 13.4. The van der Waals surface area contributed by atoms with Crippen molar-refractivity contribution in [3.05, 3.63) is 48.0 Å². The van der Waals surface area contributed by atoms with Crippen LogP contribution in [-0.4, -0.2) is 22.5 Å². The number of ether oxygens (including phenoxy) is 1. The van der Waals surface area contributed by atoms with Crippen LogP contribution in [0.5, 0.6) is 0 Å². The maximum atomic E-state index is 12.4. The number of benzene rings is 2. The van der Waals surface area contributed by atoms with Crippen molar-refractivity contribution in [2.75, 3.05) is 6.61 Å². The predicted molar refractivity (Wildman–Crippen MR) is 97.5 cm³/mol. The summed E-state index contributed by atoms with van der Waals surface area (Å²) in [7, 11) is 0. The van der Waals surface area contributed by atoms with Gasteiger partial charge in [0.2, 0.25) is 0 Å². The third kappa shape index (κ3) is 2.51. The number of para-hydroxylation sites is 1. The highest BCUT2D eigenvalue weighted by Crippen LogP contribution is 2.33. The lowest BCUT2D eigenvalue weighted by molar-refractivity contribution is 0.0461. The fraction of sp³-hybridized carbons (Fsp3) is 0.211. The summed E-state index contributed by atoms with van der Waals surface area (Å²) in [5.74, 6) is -0.0509. The number of rotatable bonds is 3. The van der Waals surface area contributed by atoms with Crippen LogP contribution >= 0.6 is 11.3 Å². The van der Waals surface area contributed by atoms with Gasteiger partial charge in [-0.25, -0.2) is 14.8 Å². The standard InChI is InChI=1S/C19H16N2O2S/c1-11(2)10-23-19(22)13-7-5-8-14-16(13)21-17-12-6-3-4-9-15(12)24-18(17)20-14/h3-9,11H,10H2,1-2H3. The Morgan fingerprint density at radius 2 is 1.92 bits per heavy atom. The van der Waals surface area contributed by atoms with Crippen molar-refractivity contribution < 1.29 is 9.53 Å². The van der Waals surface area contributed by atoms with Gasteiger partial charge < -0.3 is 4.74 Å². The molecule has 4 nitrogen and oxygen atoms in total. The van der Waals surface area contributed by atoms with E-state index in [0.717, 1.165) is 20.4 Å². The summed E-state index contributed by atoms with van der Waals surface area (Å²) >= 11 is 1.62. The summed E-state index contributed by atoms with van der Waals surface area (Å²) in [5, 5.41) is 1.07. The van der Waals surface area contributed by atoms with Gasteiger partial charge in [0, 0.05) is 10.1 Å². The van der Waals surface area contributed by atoms with Gasteiger partial charge in [-0.2, -0.15) is 0 Å². The summed E-state index contributed by atoms with van der Waals surface area (Å²) in [6.07, 6.45) is 0. The van der Waals surface area contributed by atoms with Gasteiger partial charge in [-0.15, -0.1) is 11.3 Å². The van der Waals surface area contributed by atoms with Gasteiger partial charge in [-0.05, 0) is 24.1 Å². The third-order valence-electron chi connectivity index (χ3n) is 3.78. The Morgan fingerprint density at radius 3 is 2.75 bits per heavy atom. The number of carbonyl (C=O) groups excluding carboxylic acids is 1. The molecule has 0 spiro atoms. The van der Waals surface area contributed by atoms with Crippen LogP contribution in [0.15, 0.2) is 42.5 Å². The number of hydrogen-bond acceptors (Lipinski definition) is 5. The minimum atomic E-state index is -0.345. The van der Waals surface area contributed by atoms with Crippen molar-refractivity contribution in [1.29, 1.82) is 0 Å². The molecule has 0 aliphatic rings. The van der Waals surface area contributed by atoms with E-state index in [1.54, 1.807) is 17.4 Å². The second-order valence-corrected chi connectivity index (χ2v) is 7.17. The van der Waals surface area contributed by atoms with E-state index >= 15 is 0 Å². The number of esters is 1. The maximum Gasteiger partial charge on any atom is 0.340 e. The molecule has 0 fully saturated rings. The number of hydrogen-bond donors (Lipinski definition) is 0. The average Bonchev–Trinajstić information content (AvgIpc) is 2.94. The summed E-state index contributed by atoms with van der Waals surface area (Å²) < 4.78 is 6.52. The summed E-state index contributed by atoms with van der Waals surface area (Å²) in [4.78, 5) is 22.8. The van der Waals surface area contributed by atoms with Gasteiger partial charge in [0.15, 0.2) is 0 Å². The van der Waals surface area contributed by atoms with Gasteiger partial charge in [0.1, 0.15) is 15.9 Å². The minimum Gasteiger partial charge on any atom is -0.462 e. The molecule has 5 heteroatoms. The quantitative estimate of drug-likeness (QED) is 0.504.